The molecule has 0 saturated carbocycles. The fourth-order valence-corrected chi connectivity index (χ4v) is 3.68. The summed E-state index contributed by atoms with van der Waals surface area (Å²) in [4.78, 5) is 25.2. The second kappa shape index (κ2) is 5.49. The van der Waals surface area contributed by atoms with Crippen molar-refractivity contribution < 1.29 is 9.53 Å². The molecule has 2 atom stereocenters. The molecule has 4 rings (SSSR count). The third-order valence-electron chi connectivity index (χ3n) is 4.88. The summed E-state index contributed by atoms with van der Waals surface area (Å²) >= 11 is 0. The molecule has 3 heterocycles. The fraction of sp³-hybridized carbons (Fsp3) is 0.444. The van der Waals surface area contributed by atoms with Gasteiger partial charge in [-0.1, -0.05) is 12.1 Å². The number of hydrogen-bond acceptors (Lipinski definition) is 3. The Balaban J connectivity index is 1.69. The Bertz CT molecular complexity index is 834. The standard InChI is InChI=1S/C18H20N2O3/c1-11-8-12-4-2-6-14-16(12)20(11)10-15(17(14)21)18(22)19-9-13-5-3-7-23-13/h2,4,6,10-11,13H,3,5,7-9H2,1H3,(H,19,22)/t11-,13+/m0/s1. The van der Waals surface area contributed by atoms with Crippen molar-refractivity contribution in [1.29, 1.82) is 0 Å². The Morgan fingerprint density at radius 3 is 3.09 bits per heavy atom. The van der Waals surface area contributed by atoms with Crippen LogP contribution in [-0.4, -0.2) is 29.7 Å². The molecule has 1 N–H and O–H groups in total. The zero-order chi connectivity index (χ0) is 16.0. The maximum Gasteiger partial charge on any atom is 0.256 e. The molecule has 2 aliphatic rings. The molecule has 5 nitrogen and oxygen atoms in total. The largest absolute Gasteiger partial charge is 0.376 e. The molecule has 0 radical (unpaired) electrons. The molecule has 1 fully saturated rings. The Morgan fingerprint density at radius 1 is 1.43 bits per heavy atom. The quantitative estimate of drug-likeness (QED) is 0.943. The van der Waals surface area contributed by atoms with Gasteiger partial charge in [-0.2, -0.15) is 0 Å². The zero-order valence-electron chi connectivity index (χ0n) is 13.2. The highest BCUT2D eigenvalue weighted by Crippen LogP contribution is 2.30. The number of ether oxygens (including phenoxy) is 1. The molecule has 2 aromatic rings. The summed E-state index contributed by atoms with van der Waals surface area (Å²) in [6.07, 6.45) is 4.68. The summed E-state index contributed by atoms with van der Waals surface area (Å²) in [7, 11) is 0. The first-order valence-electron chi connectivity index (χ1n) is 8.21. The van der Waals surface area contributed by atoms with E-state index in [-0.39, 0.29) is 29.0 Å². The van der Waals surface area contributed by atoms with Crippen LogP contribution in [0, 0.1) is 0 Å². The maximum absolute atomic E-state index is 12.7. The van der Waals surface area contributed by atoms with E-state index in [1.807, 2.05) is 12.1 Å². The van der Waals surface area contributed by atoms with Gasteiger partial charge in [0, 0.05) is 30.8 Å². The van der Waals surface area contributed by atoms with Crippen molar-refractivity contribution >= 4 is 16.8 Å². The zero-order valence-corrected chi connectivity index (χ0v) is 13.2. The predicted molar refractivity (Wildman–Crippen MR) is 87.9 cm³/mol. The van der Waals surface area contributed by atoms with Gasteiger partial charge in [0.15, 0.2) is 0 Å². The molecular formula is C18H20N2O3. The minimum absolute atomic E-state index is 0.0721. The van der Waals surface area contributed by atoms with Crippen LogP contribution in [0.2, 0.25) is 0 Å². The number of nitrogens with one attached hydrogen (secondary N) is 1. The van der Waals surface area contributed by atoms with Crippen molar-refractivity contribution in [1.82, 2.24) is 9.88 Å². The minimum atomic E-state index is -0.305. The van der Waals surface area contributed by atoms with E-state index in [1.54, 1.807) is 6.20 Å². The Labute approximate surface area is 134 Å². The summed E-state index contributed by atoms with van der Waals surface area (Å²) in [6.45, 7) is 3.33. The van der Waals surface area contributed by atoms with Crippen LogP contribution in [0.4, 0.5) is 0 Å². The van der Waals surface area contributed by atoms with Gasteiger partial charge in [-0.15, -0.1) is 0 Å². The number of pyridine rings is 1. The molecule has 0 bridgehead atoms. The second-order valence-electron chi connectivity index (χ2n) is 6.49. The van der Waals surface area contributed by atoms with Crippen LogP contribution in [0.3, 0.4) is 0 Å². The molecule has 120 valence electrons. The highest BCUT2D eigenvalue weighted by atomic mass is 16.5. The van der Waals surface area contributed by atoms with Crippen molar-refractivity contribution in [2.24, 2.45) is 0 Å². The number of benzene rings is 1. The predicted octanol–water partition coefficient (Wildman–Crippen LogP) is 2.03. The lowest BCUT2D eigenvalue weighted by Crippen LogP contribution is -2.35. The van der Waals surface area contributed by atoms with Gasteiger partial charge < -0.3 is 14.6 Å². The lowest BCUT2D eigenvalue weighted by molar-refractivity contribution is 0.0856. The van der Waals surface area contributed by atoms with Gasteiger partial charge in [-0.05, 0) is 37.8 Å². The van der Waals surface area contributed by atoms with E-state index in [0.29, 0.717) is 11.9 Å². The van der Waals surface area contributed by atoms with Crippen LogP contribution in [0.15, 0.2) is 29.2 Å². The normalized spacial score (nSPS) is 22.7. The lowest BCUT2D eigenvalue weighted by Gasteiger charge is -2.14. The summed E-state index contributed by atoms with van der Waals surface area (Å²) in [5, 5.41) is 3.49. The summed E-state index contributed by atoms with van der Waals surface area (Å²) < 4.78 is 7.57. The molecule has 1 aromatic heterocycles. The first-order chi connectivity index (χ1) is 11.1. The van der Waals surface area contributed by atoms with Crippen LogP contribution >= 0.6 is 0 Å². The summed E-state index contributed by atoms with van der Waals surface area (Å²) in [6, 6.07) is 6.03. The van der Waals surface area contributed by atoms with E-state index in [1.165, 1.54) is 5.56 Å². The van der Waals surface area contributed by atoms with Gasteiger partial charge in [0.25, 0.3) is 5.91 Å². The molecular weight excluding hydrogens is 292 g/mol. The van der Waals surface area contributed by atoms with E-state index in [2.05, 4.69) is 22.9 Å². The molecule has 1 saturated heterocycles. The van der Waals surface area contributed by atoms with Crippen LogP contribution in [-0.2, 0) is 11.2 Å². The monoisotopic (exact) mass is 312 g/mol. The molecule has 2 aliphatic heterocycles. The maximum atomic E-state index is 12.7. The van der Waals surface area contributed by atoms with Crippen molar-refractivity contribution in [3.8, 4) is 0 Å². The van der Waals surface area contributed by atoms with Crippen LogP contribution < -0.4 is 10.7 Å². The number of aromatic nitrogens is 1. The summed E-state index contributed by atoms with van der Waals surface area (Å²) in [5.74, 6) is -0.305. The van der Waals surface area contributed by atoms with E-state index >= 15 is 0 Å². The Kier molecular flexibility index (Phi) is 3.45. The number of rotatable bonds is 3. The highest BCUT2D eigenvalue weighted by Gasteiger charge is 2.25. The average molecular weight is 312 g/mol. The topological polar surface area (TPSA) is 60.3 Å². The van der Waals surface area contributed by atoms with E-state index < -0.39 is 0 Å². The third-order valence-corrected chi connectivity index (χ3v) is 4.88. The van der Waals surface area contributed by atoms with Gasteiger partial charge in [0.2, 0.25) is 5.43 Å². The number of carbonyl (C=O) groups excluding carboxylic acids is 1. The number of para-hydroxylation sites is 1. The molecule has 0 unspecified atom stereocenters. The van der Waals surface area contributed by atoms with E-state index in [9.17, 15) is 9.59 Å². The molecule has 23 heavy (non-hydrogen) atoms. The number of nitrogens with zero attached hydrogens (tertiary/aromatic N) is 1. The van der Waals surface area contributed by atoms with Gasteiger partial charge in [-0.3, -0.25) is 9.59 Å². The second-order valence-corrected chi connectivity index (χ2v) is 6.49. The SMILES string of the molecule is C[C@H]1Cc2cccc3c(=O)c(C(=O)NC[C@H]4CCCO4)cn1c23. The first-order valence-corrected chi connectivity index (χ1v) is 8.21. The molecule has 1 amide bonds. The fourth-order valence-electron chi connectivity index (χ4n) is 3.68. The van der Waals surface area contributed by atoms with Crippen LogP contribution in [0.25, 0.3) is 10.9 Å². The molecule has 5 heteroatoms. The van der Waals surface area contributed by atoms with Crippen molar-refractivity contribution in [2.45, 2.75) is 38.3 Å². The van der Waals surface area contributed by atoms with Gasteiger partial charge in [0.1, 0.15) is 5.56 Å². The third kappa shape index (κ3) is 2.36. The number of carbonyl (C=O) groups is 1. The van der Waals surface area contributed by atoms with Crippen LogP contribution in [0.5, 0.6) is 0 Å². The van der Waals surface area contributed by atoms with Gasteiger partial charge in [0.05, 0.1) is 11.6 Å². The van der Waals surface area contributed by atoms with Crippen molar-refractivity contribution in [3.63, 3.8) is 0 Å². The Hall–Kier alpha value is -2.14. The van der Waals surface area contributed by atoms with Crippen molar-refractivity contribution in [2.75, 3.05) is 13.2 Å². The molecule has 0 spiro atoms. The van der Waals surface area contributed by atoms with Gasteiger partial charge >= 0.3 is 0 Å². The Morgan fingerprint density at radius 2 is 2.30 bits per heavy atom. The number of amides is 1. The number of hydrogen-bond donors (Lipinski definition) is 1. The molecule has 0 aliphatic carbocycles. The summed E-state index contributed by atoms with van der Waals surface area (Å²) in [5.41, 5.74) is 2.19. The van der Waals surface area contributed by atoms with Crippen LogP contribution in [0.1, 0.15) is 41.7 Å². The smallest absolute Gasteiger partial charge is 0.256 e. The first kappa shape index (κ1) is 14.5. The van der Waals surface area contributed by atoms with E-state index in [4.69, 9.17) is 4.74 Å². The lowest BCUT2D eigenvalue weighted by atomic mass is 10.1. The average Bonchev–Trinajstić information content (AvgIpc) is 3.17. The highest BCUT2D eigenvalue weighted by molar-refractivity contribution is 5.98. The molecule has 1 aromatic carbocycles. The van der Waals surface area contributed by atoms with Gasteiger partial charge in [-0.25, -0.2) is 0 Å². The minimum Gasteiger partial charge on any atom is -0.376 e. The van der Waals surface area contributed by atoms with E-state index in [0.717, 1.165) is 31.4 Å². The van der Waals surface area contributed by atoms with Crippen molar-refractivity contribution in [3.05, 3.63) is 45.7 Å².